The fraction of sp³-hybridized carbons (Fsp3) is 0.500. The number of benzene rings is 1. The average Bonchev–Trinajstić information content (AvgIpc) is 3.20. The van der Waals surface area contributed by atoms with E-state index < -0.39 is 11.9 Å². The van der Waals surface area contributed by atoms with E-state index in [9.17, 15) is 14.0 Å². The normalized spacial score (nSPS) is 24.2. The lowest BCUT2D eigenvalue weighted by atomic mass is 9.74. The first-order valence-corrected chi connectivity index (χ1v) is 9.66. The van der Waals surface area contributed by atoms with Crippen molar-refractivity contribution in [1.82, 2.24) is 20.4 Å². The maximum absolute atomic E-state index is 13.1. The van der Waals surface area contributed by atoms with Crippen LogP contribution in [0, 0.1) is 11.2 Å². The lowest BCUT2D eigenvalue weighted by molar-refractivity contribution is -0.132. The molecule has 2 unspecified atom stereocenters. The second kappa shape index (κ2) is 7.55. The van der Waals surface area contributed by atoms with E-state index >= 15 is 0 Å². The third kappa shape index (κ3) is 3.74. The Morgan fingerprint density at radius 1 is 1.28 bits per heavy atom. The topological polar surface area (TPSA) is 97.6 Å². The zero-order valence-corrected chi connectivity index (χ0v) is 16.4. The number of hydrogen-bond donors (Lipinski definition) is 1. The molecule has 2 saturated heterocycles. The molecule has 3 heterocycles. The molecule has 0 radical (unpaired) electrons. The molecule has 1 aromatic heterocycles. The van der Waals surface area contributed by atoms with Crippen LogP contribution in [-0.4, -0.2) is 58.7 Å². The number of rotatable bonds is 3. The highest BCUT2D eigenvalue weighted by Gasteiger charge is 2.44. The van der Waals surface area contributed by atoms with Gasteiger partial charge in [0.25, 0.3) is 17.6 Å². The summed E-state index contributed by atoms with van der Waals surface area (Å²) in [5.74, 6) is -1.06. The van der Waals surface area contributed by atoms with Crippen LogP contribution in [0.1, 0.15) is 37.3 Å². The van der Waals surface area contributed by atoms with Gasteiger partial charge in [0.15, 0.2) is 0 Å². The number of halogens is 1. The Morgan fingerprint density at radius 3 is 2.66 bits per heavy atom. The molecule has 1 aromatic carbocycles. The van der Waals surface area contributed by atoms with E-state index in [1.165, 1.54) is 29.2 Å². The molecule has 2 aliphatic rings. The Morgan fingerprint density at radius 2 is 1.97 bits per heavy atom. The Bertz CT molecular complexity index is 907. The van der Waals surface area contributed by atoms with E-state index in [4.69, 9.17) is 9.26 Å². The number of carbonyl (C=O) groups excluding carboxylic acids is 2. The first-order chi connectivity index (χ1) is 13.9. The number of amides is 2. The first-order valence-electron chi connectivity index (χ1n) is 9.66. The van der Waals surface area contributed by atoms with Crippen LogP contribution in [0.3, 0.4) is 0 Å². The van der Waals surface area contributed by atoms with E-state index in [2.05, 4.69) is 22.4 Å². The molecule has 2 amide bonds. The Balaban J connectivity index is 1.55. The van der Waals surface area contributed by atoms with Gasteiger partial charge in [-0.2, -0.15) is 4.98 Å². The van der Waals surface area contributed by atoms with Gasteiger partial charge in [-0.3, -0.25) is 9.59 Å². The van der Waals surface area contributed by atoms with Gasteiger partial charge in [-0.05, 0) is 49.4 Å². The minimum Gasteiger partial charge on any atom is -0.381 e. The molecule has 1 N–H and O–H groups in total. The van der Waals surface area contributed by atoms with Crippen molar-refractivity contribution in [3.8, 4) is 11.5 Å². The van der Waals surface area contributed by atoms with Crippen molar-refractivity contribution >= 4 is 11.8 Å². The molecule has 9 heteroatoms. The first kappa shape index (κ1) is 19.5. The fourth-order valence-electron chi connectivity index (χ4n) is 3.82. The van der Waals surface area contributed by atoms with Crippen LogP contribution in [0.5, 0.6) is 0 Å². The zero-order valence-electron chi connectivity index (χ0n) is 16.4. The largest absolute Gasteiger partial charge is 0.381 e. The molecule has 29 heavy (non-hydrogen) atoms. The fourth-order valence-corrected chi connectivity index (χ4v) is 3.82. The van der Waals surface area contributed by atoms with Crippen LogP contribution in [0.2, 0.25) is 0 Å². The highest BCUT2D eigenvalue weighted by atomic mass is 19.1. The lowest BCUT2D eigenvalue weighted by Gasteiger charge is -2.47. The van der Waals surface area contributed by atoms with Crippen molar-refractivity contribution in [2.45, 2.75) is 38.8 Å². The van der Waals surface area contributed by atoms with Gasteiger partial charge in [0.1, 0.15) is 11.9 Å². The SMILES string of the molecule is CC1C(=O)NC(C2(C)CCOCC2)CN1C(=O)c1noc(-c2ccc(F)cc2)n1. The van der Waals surface area contributed by atoms with E-state index in [0.29, 0.717) is 25.3 Å². The summed E-state index contributed by atoms with van der Waals surface area (Å²) in [6.45, 7) is 5.43. The summed E-state index contributed by atoms with van der Waals surface area (Å²) in [7, 11) is 0. The van der Waals surface area contributed by atoms with Crippen LogP contribution in [0.4, 0.5) is 4.39 Å². The van der Waals surface area contributed by atoms with Crippen molar-refractivity contribution in [3.63, 3.8) is 0 Å². The molecule has 2 aliphatic heterocycles. The van der Waals surface area contributed by atoms with Gasteiger partial charge < -0.3 is 19.5 Å². The van der Waals surface area contributed by atoms with Gasteiger partial charge in [-0.15, -0.1) is 0 Å². The highest BCUT2D eigenvalue weighted by molar-refractivity contribution is 5.95. The van der Waals surface area contributed by atoms with Gasteiger partial charge in [0.2, 0.25) is 5.91 Å². The van der Waals surface area contributed by atoms with Crippen molar-refractivity contribution in [1.29, 1.82) is 0 Å². The van der Waals surface area contributed by atoms with Gasteiger partial charge in [-0.25, -0.2) is 4.39 Å². The molecule has 0 spiro atoms. The second-order valence-corrected chi connectivity index (χ2v) is 7.89. The van der Waals surface area contributed by atoms with Crippen molar-refractivity contribution in [2.75, 3.05) is 19.8 Å². The summed E-state index contributed by atoms with van der Waals surface area (Å²) in [6, 6.07) is 4.72. The third-order valence-corrected chi connectivity index (χ3v) is 5.99. The lowest BCUT2D eigenvalue weighted by Crippen LogP contribution is -2.65. The summed E-state index contributed by atoms with van der Waals surface area (Å²) in [6.07, 6.45) is 1.62. The third-order valence-electron chi connectivity index (χ3n) is 5.99. The van der Waals surface area contributed by atoms with Crippen molar-refractivity contribution in [3.05, 3.63) is 35.9 Å². The van der Waals surface area contributed by atoms with Gasteiger partial charge >= 0.3 is 0 Å². The number of ether oxygens (including phenoxy) is 1. The molecule has 2 atom stereocenters. The maximum Gasteiger partial charge on any atom is 0.296 e. The molecule has 154 valence electrons. The minimum absolute atomic E-state index is 0.121. The second-order valence-electron chi connectivity index (χ2n) is 7.89. The van der Waals surface area contributed by atoms with Crippen LogP contribution >= 0.6 is 0 Å². The van der Waals surface area contributed by atoms with Crippen molar-refractivity contribution in [2.24, 2.45) is 5.41 Å². The molecule has 4 rings (SSSR count). The number of nitrogens with zero attached hydrogens (tertiary/aromatic N) is 3. The van der Waals surface area contributed by atoms with Crippen molar-refractivity contribution < 1.29 is 23.2 Å². The van der Waals surface area contributed by atoms with Gasteiger partial charge in [-0.1, -0.05) is 12.1 Å². The van der Waals surface area contributed by atoms with Crippen LogP contribution in [-0.2, 0) is 9.53 Å². The standard InChI is InChI=1S/C20H23FN4O4/c1-12-17(26)22-15(20(2)7-9-28-10-8-20)11-25(12)19(27)16-23-18(29-24-16)13-3-5-14(21)6-4-13/h3-6,12,15H,7-11H2,1-2H3,(H,22,26). The molecule has 0 bridgehead atoms. The number of aromatic nitrogens is 2. The molecular weight excluding hydrogens is 379 g/mol. The Hall–Kier alpha value is -2.81. The quantitative estimate of drug-likeness (QED) is 0.844. The van der Waals surface area contributed by atoms with Crippen LogP contribution < -0.4 is 5.32 Å². The summed E-state index contributed by atoms with van der Waals surface area (Å²) >= 11 is 0. The highest BCUT2D eigenvalue weighted by Crippen LogP contribution is 2.35. The molecule has 2 aromatic rings. The van der Waals surface area contributed by atoms with Gasteiger partial charge in [0.05, 0.1) is 6.04 Å². The van der Waals surface area contributed by atoms with E-state index in [1.807, 2.05) is 0 Å². The number of carbonyl (C=O) groups is 2. The summed E-state index contributed by atoms with van der Waals surface area (Å²) in [5, 5.41) is 6.84. The van der Waals surface area contributed by atoms with Crippen LogP contribution in [0.15, 0.2) is 28.8 Å². The van der Waals surface area contributed by atoms with E-state index in [0.717, 1.165) is 12.8 Å². The zero-order chi connectivity index (χ0) is 20.6. The molecule has 2 fully saturated rings. The Labute approximate surface area is 167 Å². The van der Waals surface area contributed by atoms with Crippen LogP contribution in [0.25, 0.3) is 11.5 Å². The molecule has 0 aliphatic carbocycles. The summed E-state index contributed by atoms with van der Waals surface area (Å²) in [5.41, 5.74) is 0.360. The number of hydrogen-bond acceptors (Lipinski definition) is 6. The average molecular weight is 402 g/mol. The molecule has 8 nitrogen and oxygen atoms in total. The minimum atomic E-state index is -0.644. The molecule has 0 saturated carbocycles. The van der Waals surface area contributed by atoms with E-state index in [-0.39, 0.29) is 34.9 Å². The maximum atomic E-state index is 13.1. The smallest absolute Gasteiger partial charge is 0.296 e. The molecular formula is C20H23FN4O4. The predicted octanol–water partition coefficient (Wildman–Crippen LogP) is 2.02. The van der Waals surface area contributed by atoms with E-state index in [1.54, 1.807) is 6.92 Å². The monoisotopic (exact) mass is 402 g/mol. The number of piperazine rings is 1. The Kier molecular flexibility index (Phi) is 5.08. The summed E-state index contributed by atoms with van der Waals surface area (Å²) in [4.78, 5) is 31.3. The number of nitrogens with one attached hydrogen (secondary N) is 1. The summed E-state index contributed by atoms with van der Waals surface area (Å²) < 4.78 is 23.7. The predicted molar refractivity (Wildman–Crippen MR) is 100 cm³/mol. The van der Waals surface area contributed by atoms with Gasteiger partial charge in [0, 0.05) is 25.3 Å².